The summed E-state index contributed by atoms with van der Waals surface area (Å²) in [7, 11) is 0. The standard InChI is InChI=1S/C22H16N4O2/c23-21(27)20-17(9-6-12-25-20)18-13-15(19-10-4-5-11-24-19)14-26(22(18)28)16-7-2-1-3-8-16/h1-14H,(H2,23,27). The van der Waals surface area contributed by atoms with Gasteiger partial charge in [0.1, 0.15) is 5.69 Å². The number of carbonyl (C=O) groups excluding carboxylic acids is 1. The maximum absolute atomic E-state index is 13.3. The van der Waals surface area contributed by atoms with E-state index in [1.54, 1.807) is 30.6 Å². The lowest BCUT2D eigenvalue weighted by Crippen LogP contribution is -2.22. The molecule has 0 spiro atoms. The second kappa shape index (κ2) is 7.28. The summed E-state index contributed by atoms with van der Waals surface area (Å²) in [5.41, 5.74) is 8.12. The molecule has 0 fully saturated rings. The van der Waals surface area contributed by atoms with Gasteiger partial charge in [0.05, 0.1) is 11.3 Å². The minimum atomic E-state index is -0.690. The van der Waals surface area contributed by atoms with Crippen molar-refractivity contribution < 1.29 is 4.79 Å². The predicted octanol–water partition coefficient (Wildman–Crippen LogP) is 3.06. The molecular weight excluding hydrogens is 352 g/mol. The van der Waals surface area contributed by atoms with E-state index in [9.17, 15) is 9.59 Å². The van der Waals surface area contributed by atoms with E-state index < -0.39 is 5.91 Å². The van der Waals surface area contributed by atoms with Crippen molar-refractivity contribution in [3.63, 3.8) is 0 Å². The van der Waals surface area contributed by atoms with E-state index in [4.69, 9.17) is 5.73 Å². The van der Waals surface area contributed by atoms with Crippen LogP contribution in [0, 0.1) is 0 Å². The number of rotatable bonds is 4. The maximum atomic E-state index is 13.3. The Hall–Kier alpha value is -4.06. The summed E-state index contributed by atoms with van der Waals surface area (Å²) in [6, 6.07) is 19.9. The van der Waals surface area contributed by atoms with Crippen molar-refractivity contribution >= 4 is 5.91 Å². The third kappa shape index (κ3) is 3.19. The molecule has 0 saturated carbocycles. The largest absolute Gasteiger partial charge is 0.364 e. The van der Waals surface area contributed by atoms with Gasteiger partial charge >= 0.3 is 0 Å². The van der Waals surface area contributed by atoms with Gasteiger partial charge in [-0.05, 0) is 36.4 Å². The molecule has 1 aromatic carbocycles. The van der Waals surface area contributed by atoms with Crippen molar-refractivity contribution in [1.29, 1.82) is 0 Å². The zero-order valence-electron chi connectivity index (χ0n) is 14.8. The first-order valence-corrected chi connectivity index (χ1v) is 8.64. The number of aromatic nitrogens is 3. The van der Waals surface area contributed by atoms with Crippen molar-refractivity contribution in [2.45, 2.75) is 0 Å². The smallest absolute Gasteiger partial charge is 0.267 e. The van der Waals surface area contributed by atoms with Gasteiger partial charge in [-0.2, -0.15) is 0 Å². The topological polar surface area (TPSA) is 90.9 Å². The van der Waals surface area contributed by atoms with Gasteiger partial charge in [-0.3, -0.25) is 24.1 Å². The molecule has 0 aliphatic carbocycles. The van der Waals surface area contributed by atoms with Crippen LogP contribution in [0.3, 0.4) is 0 Å². The third-order valence-electron chi connectivity index (χ3n) is 4.34. The maximum Gasteiger partial charge on any atom is 0.267 e. The lowest BCUT2D eigenvalue weighted by Gasteiger charge is -2.13. The Labute approximate surface area is 160 Å². The van der Waals surface area contributed by atoms with Gasteiger partial charge in [-0.1, -0.05) is 30.3 Å². The molecule has 0 saturated heterocycles. The molecule has 136 valence electrons. The molecule has 6 nitrogen and oxygen atoms in total. The van der Waals surface area contributed by atoms with Gasteiger partial charge in [0, 0.05) is 35.4 Å². The molecule has 0 atom stereocenters. The minimum absolute atomic E-state index is 0.0531. The van der Waals surface area contributed by atoms with E-state index in [0.717, 1.165) is 5.56 Å². The Kier molecular flexibility index (Phi) is 4.51. The van der Waals surface area contributed by atoms with Gasteiger partial charge in [-0.15, -0.1) is 0 Å². The van der Waals surface area contributed by atoms with Gasteiger partial charge in [0.15, 0.2) is 0 Å². The molecule has 3 heterocycles. The van der Waals surface area contributed by atoms with Crippen LogP contribution in [-0.4, -0.2) is 20.4 Å². The Bertz CT molecular complexity index is 1200. The first kappa shape index (κ1) is 17.4. The van der Waals surface area contributed by atoms with Crippen LogP contribution in [0.5, 0.6) is 0 Å². The number of hydrogen-bond donors (Lipinski definition) is 1. The van der Waals surface area contributed by atoms with E-state index in [1.165, 1.54) is 10.8 Å². The number of nitrogens with zero attached hydrogens (tertiary/aromatic N) is 3. The molecule has 6 heteroatoms. The van der Waals surface area contributed by atoms with E-state index in [-0.39, 0.29) is 11.3 Å². The fourth-order valence-corrected chi connectivity index (χ4v) is 3.05. The van der Waals surface area contributed by atoms with Crippen molar-refractivity contribution in [3.05, 3.63) is 101 Å². The Morgan fingerprint density at radius 3 is 2.32 bits per heavy atom. The number of carbonyl (C=O) groups is 1. The van der Waals surface area contributed by atoms with Crippen LogP contribution in [0.4, 0.5) is 0 Å². The zero-order chi connectivity index (χ0) is 19.5. The van der Waals surface area contributed by atoms with Crippen LogP contribution < -0.4 is 11.3 Å². The number of nitrogens with two attached hydrogens (primary N) is 1. The molecule has 0 aliphatic rings. The van der Waals surface area contributed by atoms with E-state index in [2.05, 4.69) is 9.97 Å². The number of pyridine rings is 3. The first-order chi connectivity index (χ1) is 13.6. The van der Waals surface area contributed by atoms with Crippen molar-refractivity contribution in [2.24, 2.45) is 5.73 Å². The highest BCUT2D eigenvalue weighted by Gasteiger charge is 2.17. The van der Waals surface area contributed by atoms with Gasteiger partial charge in [-0.25, -0.2) is 0 Å². The molecule has 0 bridgehead atoms. The quantitative estimate of drug-likeness (QED) is 0.599. The Morgan fingerprint density at radius 2 is 1.61 bits per heavy atom. The summed E-state index contributed by atoms with van der Waals surface area (Å²) >= 11 is 0. The highest BCUT2D eigenvalue weighted by Crippen LogP contribution is 2.25. The molecular formula is C22H16N4O2. The molecule has 4 aromatic rings. The fourth-order valence-electron chi connectivity index (χ4n) is 3.05. The Morgan fingerprint density at radius 1 is 0.857 bits per heavy atom. The van der Waals surface area contributed by atoms with Gasteiger partial charge in [0.2, 0.25) is 0 Å². The Balaban J connectivity index is 2.04. The highest BCUT2D eigenvalue weighted by atomic mass is 16.1. The third-order valence-corrected chi connectivity index (χ3v) is 4.34. The summed E-state index contributed by atoms with van der Waals surface area (Å²) in [6.07, 6.45) is 4.90. The first-order valence-electron chi connectivity index (χ1n) is 8.64. The summed E-state index contributed by atoms with van der Waals surface area (Å²) < 4.78 is 1.54. The molecule has 0 radical (unpaired) electrons. The van der Waals surface area contributed by atoms with Crippen molar-refractivity contribution in [1.82, 2.24) is 14.5 Å². The van der Waals surface area contributed by atoms with Crippen LogP contribution in [0.15, 0.2) is 90.1 Å². The number of hydrogen-bond acceptors (Lipinski definition) is 4. The van der Waals surface area contributed by atoms with E-state index >= 15 is 0 Å². The average molecular weight is 368 g/mol. The van der Waals surface area contributed by atoms with Gasteiger partial charge in [0.25, 0.3) is 11.5 Å². The predicted molar refractivity (Wildman–Crippen MR) is 107 cm³/mol. The second-order valence-electron chi connectivity index (χ2n) is 6.13. The number of primary amides is 1. The summed E-state index contributed by atoms with van der Waals surface area (Å²) in [5.74, 6) is -0.690. The molecule has 28 heavy (non-hydrogen) atoms. The van der Waals surface area contributed by atoms with Crippen molar-refractivity contribution in [3.8, 4) is 28.1 Å². The van der Waals surface area contributed by atoms with Crippen LogP contribution in [0.1, 0.15) is 10.5 Å². The van der Waals surface area contributed by atoms with Crippen LogP contribution in [0.2, 0.25) is 0 Å². The van der Waals surface area contributed by atoms with Gasteiger partial charge < -0.3 is 5.73 Å². The lowest BCUT2D eigenvalue weighted by molar-refractivity contribution is 0.0996. The summed E-state index contributed by atoms with van der Waals surface area (Å²) in [5, 5.41) is 0. The second-order valence-corrected chi connectivity index (χ2v) is 6.13. The minimum Gasteiger partial charge on any atom is -0.364 e. The van der Waals surface area contributed by atoms with Crippen molar-refractivity contribution in [2.75, 3.05) is 0 Å². The summed E-state index contributed by atoms with van der Waals surface area (Å²) in [4.78, 5) is 33.6. The van der Waals surface area contributed by atoms with Crippen LogP contribution >= 0.6 is 0 Å². The monoisotopic (exact) mass is 368 g/mol. The number of para-hydroxylation sites is 1. The molecule has 0 unspecified atom stereocenters. The number of amides is 1. The van der Waals surface area contributed by atoms with E-state index in [1.807, 2.05) is 48.5 Å². The SMILES string of the molecule is NC(=O)c1ncccc1-c1cc(-c2ccccn2)cn(-c2ccccc2)c1=O. The highest BCUT2D eigenvalue weighted by molar-refractivity contribution is 5.98. The number of benzene rings is 1. The fraction of sp³-hybridized carbons (Fsp3) is 0. The molecule has 3 aromatic heterocycles. The van der Waals surface area contributed by atoms with Crippen LogP contribution in [-0.2, 0) is 0 Å². The zero-order valence-corrected chi connectivity index (χ0v) is 14.8. The summed E-state index contributed by atoms with van der Waals surface area (Å²) in [6.45, 7) is 0. The molecule has 4 rings (SSSR count). The van der Waals surface area contributed by atoms with E-state index in [0.29, 0.717) is 22.5 Å². The normalized spacial score (nSPS) is 10.6. The molecule has 1 amide bonds. The molecule has 0 aliphatic heterocycles. The average Bonchev–Trinajstić information content (AvgIpc) is 2.75. The molecule has 2 N–H and O–H groups in total. The lowest BCUT2D eigenvalue weighted by atomic mass is 10.0. The van der Waals surface area contributed by atoms with Crippen LogP contribution in [0.25, 0.3) is 28.1 Å².